The summed E-state index contributed by atoms with van der Waals surface area (Å²) in [6.45, 7) is 1.28. The normalized spacial score (nSPS) is 19.6. The van der Waals surface area contributed by atoms with E-state index in [1.54, 1.807) is 6.07 Å². The molecule has 0 saturated carbocycles. The van der Waals surface area contributed by atoms with Crippen LogP contribution in [0, 0.1) is 17.5 Å². The molecule has 1 aliphatic heterocycles. The van der Waals surface area contributed by atoms with Gasteiger partial charge in [0.05, 0.1) is 6.54 Å². The average molecular weight is 364 g/mol. The van der Waals surface area contributed by atoms with Crippen molar-refractivity contribution in [1.29, 1.82) is 0 Å². The van der Waals surface area contributed by atoms with Gasteiger partial charge in [0.2, 0.25) is 0 Å². The van der Waals surface area contributed by atoms with Crippen molar-refractivity contribution < 1.29 is 27.5 Å². The summed E-state index contributed by atoms with van der Waals surface area (Å²) in [5.74, 6) is -2.98. The first kappa shape index (κ1) is 17.8. The Labute approximate surface area is 147 Å². The molecule has 2 aromatic rings. The number of hydrogen-bond acceptors (Lipinski definition) is 3. The highest BCUT2D eigenvalue weighted by atomic mass is 19.2. The van der Waals surface area contributed by atoms with Crippen molar-refractivity contribution in [3.05, 3.63) is 65.5 Å². The van der Waals surface area contributed by atoms with E-state index < -0.39 is 34.9 Å². The molecule has 2 aromatic carbocycles. The van der Waals surface area contributed by atoms with Crippen molar-refractivity contribution in [2.24, 2.45) is 0 Å². The van der Waals surface area contributed by atoms with Crippen LogP contribution in [0.2, 0.25) is 0 Å². The van der Waals surface area contributed by atoms with Crippen molar-refractivity contribution in [2.45, 2.75) is 12.5 Å². The van der Waals surface area contributed by atoms with Gasteiger partial charge in [-0.3, -0.25) is 9.69 Å². The van der Waals surface area contributed by atoms with E-state index in [0.717, 1.165) is 17.0 Å². The standard InChI is InChI=1S/C18H15F3N2O3/c1-18(11-5-6-14(20)15(21)9-11)16(24)23(17(25)22-18)7-8-26-13-4-2-3-12(19)10-13/h2-6,9-10H,7-8H2,1H3,(H,22,25). The number of rotatable bonds is 5. The van der Waals surface area contributed by atoms with Gasteiger partial charge in [0.15, 0.2) is 11.6 Å². The number of amides is 3. The average Bonchev–Trinajstić information content (AvgIpc) is 2.81. The maximum Gasteiger partial charge on any atom is 0.325 e. The molecule has 5 nitrogen and oxygen atoms in total. The highest BCUT2D eigenvalue weighted by Gasteiger charge is 2.49. The van der Waals surface area contributed by atoms with Gasteiger partial charge in [-0.05, 0) is 36.8 Å². The minimum absolute atomic E-state index is 0.0452. The van der Waals surface area contributed by atoms with Crippen LogP contribution in [0.25, 0.3) is 0 Å². The van der Waals surface area contributed by atoms with Crippen LogP contribution in [0.15, 0.2) is 42.5 Å². The molecule has 3 rings (SSSR count). The summed E-state index contributed by atoms with van der Waals surface area (Å²) in [6.07, 6.45) is 0. The van der Waals surface area contributed by atoms with Crippen molar-refractivity contribution >= 4 is 11.9 Å². The first-order chi connectivity index (χ1) is 12.3. The molecular formula is C18H15F3N2O3. The molecule has 1 aliphatic rings. The van der Waals surface area contributed by atoms with Crippen LogP contribution in [-0.4, -0.2) is 30.0 Å². The first-order valence-corrected chi connectivity index (χ1v) is 7.79. The molecule has 8 heteroatoms. The summed E-state index contributed by atoms with van der Waals surface area (Å²) in [7, 11) is 0. The van der Waals surface area contributed by atoms with Crippen LogP contribution in [0.5, 0.6) is 5.75 Å². The molecule has 1 saturated heterocycles. The second-order valence-corrected chi connectivity index (χ2v) is 5.95. The Bertz CT molecular complexity index is 875. The van der Waals surface area contributed by atoms with Gasteiger partial charge < -0.3 is 10.1 Å². The molecule has 0 aliphatic carbocycles. The molecule has 1 heterocycles. The van der Waals surface area contributed by atoms with Crippen LogP contribution >= 0.6 is 0 Å². The summed E-state index contributed by atoms with van der Waals surface area (Å²) in [4.78, 5) is 25.7. The van der Waals surface area contributed by atoms with Crippen molar-refractivity contribution in [2.75, 3.05) is 13.2 Å². The second kappa shape index (κ2) is 6.70. The van der Waals surface area contributed by atoms with Gasteiger partial charge in [0.25, 0.3) is 5.91 Å². The van der Waals surface area contributed by atoms with E-state index in [2.05, 4.69) is 5.32 Å². The minimum Gasteiger partial charge on any atom is -0.492 e. The van der Waals surface area contributed by atoms with Crippen LogP contribution in [0.3, 0.4) is 0 Å². The van der Waals surface area contributed by atoms with Gasteiger partial charge in [0, 0.05) is 6.07 Å². The van der Waals surface area contributed by atoms with E-state index in [0.29, 0.717) is 0 Å². The summed E-state index contributed by atoms with van der Waals surface area (Å²) in [5, 5.41) is 2.48. The highest BCUT2D eigenvalue weighted by Crippen LogP contribution is 2.29. The number of halogens is 3. The van der Waals surface area contributed by atoms with E-state index in [1.165, 1.54) is 31.2 Å². The number of carbonyl (C=O) groups excluding carboxylic acids is 2. The lowest BCUT2D eigenvalue weighted by Gasteiger charge is -2.22. The van der Waals surface area contributed by atoms with Gasteiger partial charge in [0.1, 0.15) is 23.7 Å². The number of benzene rings is 2. The maximum atomic E-state index is 13.5. The van der Waals surface area contributed by atoms with E-state index in [-0.39, 0.29) is 24.5 Å². The zero-order valence-corrected chi connectivity index (χ0v) is 13.8. The van der Waals surface area contributed by atoms with Crippen LogP contribution in [0.4, 0.5) is 18.0 Å². The third-order valence-electron chi connectivity index (χ3n) is 4.15. The Morgan fingerprint density at radius 3 is 2.54 bits per heavy atom. The molecule has 0 radical (unpaired) electrons. The number of ether oxygens (including phenoxy) is 1. The number of imide groups is 1. The zero-order chi connectivity index (χ0) is 18.9. The van der Waals surface area contributed by atoms with Crippen LogP contribution in [0.1, 0.15) is 12.5 Å². The van der Waals surface area contributed by atoms with Gasteiger partial charge in [-0.25, -0.2) is 18.0 Å². The molecule has 0 bridgehead atoms. The molecule has 0 spiro atoms. The monoisotopic (exact) mass is 364 g/mol. The predicted molar refractivity (Wildman–Crippen MR) is 85.8 cm³/mol. The summed E-state index contributed by atoms with van der Waals surface area (Å²) < 4.78 is 45.0. The number of nitrogens with one attached hydrogen (secondary N) is 1. The fourth-order valence-corrected chi connectivity index (χ4v) is 2.71. The van der Waals surface area contributed by atoms with Crippen molar-refractivity contribution in [3.8, 4) is 5.75 Å². The predicted octanol–water partition coefficient (Wildman–Crippen LogP) is 2.95. The Morgan fingerprint density at radius 1 is 1.08 bits per heavy atom. The lowest BCUT2D eigenvalue weighted by atomic mass is 9.92. The highest BCUT2D eigenvalue weighted by molar-refractivity contribution is 6.07. The topological polar surface area (TPSA) is 58.6 Å². The van der Waals surface area contributed by atoms with Gasteiger partial charge in [-0.1, -0.05) is 12.1 Å². The quantitative estimate of drug-likeness (QED) is 0.830. The molecule has 136 valence electrons. The van der Waals surface area contributed by atoms with Gasteiger partial charge >= 0.3 is 6.03 Å². The second-order valence-electron chi connectivity index (χ2n) is 5.95. The number of nitrogens with zero attached hydrogens (tertiary/aromatic N) is 1. The smallest absolute Gasteiger partial charge is 0.325 e. The lowest BCUT2D eigenvalue weighted by Crippen LogP contribution is -2.41. The van der Waals surface area contributed by atoms with Crippen molar-refractivity contribution in [1.82, 2.24) is 10.2 Å². The van der Waals surface area contributed by atoms with Crippen molar-refractivity contribution in [3.63, 3.8) is 0 Å². The summed E-state index contributed by atoms with van der Waals surface area (Å²) in [6, 6.07) is 7.78. The summed E-state index contributed by atoms with van der Waals surface area (Å²) >= 11 is 0. The number of hydrogen-bond donors (Lipinski definition) is 1. The molecule has 1 atom stereocenters. The van der Waals surface area contributed by atoms with E-state index >= 15 is 0 Å². The largest absolute Gasteiger partial charge is 0.492 e. The van der Waals surface area contributed by atoms with Crippen LogP contribution < -0.4 is 10.1 Å². The molecule has 1 unspecified atom stereocenters. The number of urea groups is 1. The Hall–Kier alpha value is -3.03. The lowest BCUT2D eigenvalue weighted by molar-refractivity contribution is -0.131. The third-order valence-corrected chi connectivity index (χ3v) is 4.15. The number of carbonyl (C=O) groups is 2. The fraction of sp³-hybridized carbons (Fsp3) is 0.222. The Kier molecular flexibility index (Phi) is 4.58. The van der Waals surface area contributed by atoms with E-state index in [1.807, 2.05) is 0 Å². The summed E-state index contributed by atoms with van der Waals surface area (Å²) in [5.41, 5.74) is -1.38. The minimum atomic E-state index is -1.51. The van der Waals surface area contributed by atoms with Crippen LogP contribution in [-0.2, 0) is 10.3 Å². The molecule has 1 fully saturated rings. The molecule has 1 N–H and O–H groups in total. The first-order valence-electron chi connectivity index (χ1n) is 7.79. The zero-order valence-electron chi connectivity index (χ0n) is 13.8. The van der Waals surface area contributed by atoms with E-state index in [9.17, 15) is 22.8 Å². The Balaban J connectivity index is 1.71. The van der Waals surface area contributed by atoms with E-state index in [4.69, 9.17) is 4.74 Å². The SMILES string of the molecule is CC1(c2ccc(F)c(F)c2)NC(=O)N(CCOc2cccc(F)c2)C1=O. The molecule has 26 heavy (non-hydrogen) atoms. The maximum absolute atomic E-state index is 13.5. The van der Waals surface area contributed by atoms with Gasteiger partial charge in [-0.2, -0.15) is 0 Å². The Morgan fingerprint density at radius 2 is 1.85 bits per heavy atom. The third kappa shape index (κ3) is 3.22. The molecule has 3 amide bonds. The molecular weight excluding hydrogens is 349 g/mol. The molecule has 0 aromatic heterocycles. The fourth-order valence-electron chi connectivity index (χ4n) is 2.71. The van der Waals surface area contributed by atoms with Gasteiger partial charge in [-0.15, -0.1) is 0 Å².